The normalized spacial score (nSPS) is 28.7. The molecule has 0 aromatic carbocycles. The van der Waals surface area contributed by atoms with Gasteiger partial charge in [0, 0.05) is 31.3 Å². The second kappa shape index (κ2) is 5.16. The average molecular weight is 231 g/mol. The van der Waals surface area contributed by atoms with Crippen LogP contribution >= 0.6 is 11.9 Å². The zero-order valence-electron chi connectivity index (χ0n) is 8.72. The molecular formula is C9H17N3O2S. The van der Waals surface area contributed by atoms with Gasteiger partial charge in [0.25, 0.3) is 0 Å². The van der Waals surface area contributed by atoms with Crippen LogP contribution in [0, 0.1) is 0 Å². The smallest absolute Gasteiger partial charge is 0.234 e. The van der Waals surface area contributed by atoms with Crippen molar-refractivity contribution in [2.45, 2.75) is 11.7 Å². The highest BCUT2D eigenvalue weighted by Crippen LogP contribution is 2.28. The molecule has 2 heterocycles. The van der Waals surface area contributed by atoms with Crippen LogP contribution in [0.4, 0.5) is 0 Å². The molecule has 0 radical (unpaired) electrons. The highest BCUT2D eigenvalue weighted by Gasteiger charge is 2.31. The molecule has 5 nitrogen and oxygen atoms in total. The number of carbonyl (C=O) groups is 1. The van der Waals surface area contributed by atoms with Crippen LogP contribution < -0.4 is 5.73 Å². The predicted octanol–water partition coefficient (Wildman–Crippen LogP) is -0.516. The average Bonchev–Trinajstić information content (AvgIpc) is 2.61. The Balaban J connectivity index is 1.81. The van der Waals surface area contributed by atoms with E-state index in [4.69, 9.17) is 10.5 Å². The Labute approximate surface area is 94.0 Å². The molecule has 2 aliphatic heterocycles. The van der Waals surface area contributed by atoms with E-state index in [2.05, 4.69) is 4.90 Å². The maximum absolute atomic E-state index is 11.6. The molecule has 1 atom stereocenters. The molecule has 1 amide bonds. The third-order valence-electron chi connectivity index (χ3n) is 2.65. The van der Waals surface area contributed by atoms with E-state index >= 15 is 0 Å². The fraction of sp³-hybridized carbons (Fsp3) is 0.889. The standard InChI is InChI=1S/C9H17N3O2S/c10-6-8-5-9(13)12(15-8)7-11-1-3-14-4-2-11/h8H,1-7,10H2. The van der Waals surface area contributed by atoms with Gasteiger partial charge in [0.1, 0.15) is 0 Å². The minimum Gasteiger partial charge on any atom is -0.379 e. The molecule has 6 heteroatoms. The molecule has 1 unspecified atom stereocenters. The number of carbonyl (C=O) groups excluding carboxylic acids is 1. The predicted molar refractivity (Wildman–Crippen MR) is 59.2 cm³/mol. The Morgan fingerprint density at radius 2 is 2.20 bits per heavy atom. The van der Waals surface area contributed by atoms with Crippen molar-refractivity contribution >= 4 is 17.9 Å². The molecular weight excluding hydrogens is 214 g/mol. The van der Waals surface area contributed by atoms with Gasteiger partial charge in [-0.3, -0.25) is 14.0 Å². The number of nitrogens with zero attached hydrogens (tertiary/aromatic N) is 2. The molecule has 86 valence electrons. The van der Waals surface area contributed by atoms with Crippen LogP contribution in [-0.4, -0.2) is 59.9 Å². The molecule has 0 aromatic heterocycles. The maximum atomic E-state index is 11.6. The zero-order chi connectivity index (χ0) is 10.7. The van der Waals surface area contributed by atoms with Crippen molar-refractivity contribution in [1.82, 2.24) is 9.21 Å². The van der Waals surface area contributed by atoms with Gasteiger partial charge in [-0.15, -0.1) is 0 Å². The monoisotopic (exact) mass is 231 g/mol. The van der Waals surface area contributed by atoms with Gasteiger partial charge in [0.15, 0.2) is 0 Å². The third kappa shape index (κ3) is 2.84. The van der Waals surface area contributed by atoms with Crippen molar-refractivity contribution in [2.75, 3.05) is 39.5 Å². The molecule has 2 fully saturated rings. The van der Waals surface area contributed by atoms with E-state index in [9.17, 15) is 4.79 Å². The summed E-state index contributed by atoms with van der Waals surface area (Å²) in [4.78, 5) is 13.9. The van der Waals surface area contributed by atoms with Gasteiger partial charge in [0.05, 0.1) is 19.9 Å². The molecule has 2 aliphatic rings. The van der Waals surface area contributed by atoms with Gasteiger partial charge in [0.2, 0.25) is 5.91 Å². The van der Waals surface area contributed by atoms with Crippen molar-refractivity contribution in [3.8, 4) is 0 Å². The lowest BCUT2D eigenvalue weighted by Gasteiger charge is -2.29. The van der Waals surface area contributed by atoms with Crippen molar-refractivity contribution in [2.24, 2.45) is 5.73 Å². The first-order valence-corrected chi connectivity index (χ1v) is 6.10. The number of hydrogen-bond acceptors (Lipinski definition) is 5. The van der Waals surface area contributed by atoms with Crippen LogP contribution in [0.2, 0.25) is 0 Å². The summed E-state index contributed by atoms with van der Waals surface area (Å²) in [5, 5.41) is 0.276. The van der Waals surface area contributed by atoms with Gasteiger partial charge < -0.3 is 10.5 Å². The molecule has 0 saturated carbocycles. The summed E-state index contributed by atoms with van der Waals surface area (Å²) < 4.78 is 7.10. The van der Waals surface area contributed by atoms with E-state index in [-0.39, 0.29) is 11.2 Å². The van der Waals surface area contributed by atoms with Crippen LogP contribution in [0.5, 0.6) is 0 Å². The molecule has 2 saturated heterocycles. The Bertz CT molecular complexity index is 233. The van der Waals surface area contributed by atoms with Crippen molar-refractivity contribution < 1.29 is 9.53 Å². The van der Waals surface area contributed by atoms with E-state index in [1.54, 1.807) is 11.9 Å². The zero-order valence-corrected chi connectivity index (χ0v) is 9.54. The van der Waals surface area contributed by atoms with Crippen LogP contribution in [0.25, 0.3) is 0 Å². The summed E-state index contributed by atoms with van der Waals surface area (Å²) >= 11 is 1.59. The van der Waals surface area contributed by atoms with Gasteiger partial charge in [-0.05, 0) is 11.9 Å². The fourth-order valence-corrected chi connectivity index (χ4v) is 2.82. The molecule has 0 spiro atoms. The number of morpholine rings is 1. The second-order valence-corrected chi connectivity index (χ2v) is 5.13. The van der Waals surface area contributed by atoms with E-state index < -0.39 is 0 Å². The Morgan fingerprint density at radius 3 is 2.80 bits per heavy atom. The van der Waals surface area contributed by atoms with Gasteiger partial charge in [-0.2, -0.15) is 0 Å². The molecule has 2 rings (SSSR count). The van der Waals surface area contributed by atoms with Crippen LogP contribution in [0.15, 0.2) is 0 Å². The third-order valence-corrected chi connectivity index (χ3v) is 3.88. The van der Waals surface area contributed by atoms with Crippen molar-refractivity contribution in [1.29, 1.82) is 0 Å². The summed E-state index contributed by atoms with van der Waals surface area (Å²) in [5.41, 5.74) is 5.56. The second-order valence-electron chi connectivity index (χ2n) is 3.81. The first kappa shape index (κ1) is 11.2. The largest absolute Gasteiger partial charge is 0.379 e. The maximum Gasteiger partial charge on any atom is 0.234 e. The van der Waals surface area contributed by atoms with Crippen LogP contribution in [0.1, 0.15) is 6.42 Å². The van der Waals surface area contributed by atoms with Crippen molar-refractivity contribution in [3.63, 3.8) is 0 Å². The lowest BCUT2D eigenvalue weighted by Crippen LogP contribution is -2.42. The fourth-order valence-electron chi connectivity index (χ4n) is 1.74. The van der Waals surface area contributed by atoms with Crippen molar-refractivity contribution in [3.05, 3.63) is 0 Å². The number of rotatable bonds is 3. The topological polar surface area (TPSA) is 58.8 Å². The van der Waals surface area contributed by atoms with Crippen LogP contribution in [0.3, 0.4) is 0 Å². The number of nitrogens with two attached hydrogens (primary N) is 1. The van der Waals surface area contributed by atoms with E-state index in [1.165, 1.54) is 0 Å². The van der Waals surface area contributed by atoms with Gasteiger partial charge in [-0.1, -0.05) is 0 Å². The molecule has 0 bridgehead atoms. The number of amides is 1. The SMILES string of the molecule is NCC1CC(=O)N(CN2CCOCC2)S1. The Morgan fingerprint density at radius 1 is 1.47 bits per heavy atom. The summed E-state index contributed by atoms with van der Waals surface area (Å²) in [6.45, 7) is 4.66. The lowest BCUT2D eigenvalue weighted by molar-refractivity contribution is -0.126. The van der Waals surface area contributed by atoms with E-state index in [0.717, 1.165) is 26.3 Å². The summed E-state index contributed by atoms with van der Waals surface area (Å²) in [6.07, 6.45) is 0.589. The Hall–Kier alpha value is -0.300. The molecule has 2 N–H and O–H groups in total. The molecule has 0 aromatic rings. The van der Waals surface area contributed by atoms with Gasteiger partial charge >= 0.3 is 0 Å². The van der Waals surface area contributed by atoms with Crippen LogP contribution in [-0.2, 0) is 9.53 Å². The number of ether oxygens (including phenoxy) is 1. The molecule has 15 heavy (non-hydrogen) atoms. The highest BCUT2D eigenvalue weighted by atomic mass is 32.2. The Kier molecular flexibility index (Phi) is 3.85. The first-order chi connectivity index (χ1) is 7.29. The van der Waals surface area contributed by atoms with E-state index in [0.29, 0.717) is 19.6 Å². The van der Waals surface area contributed by atoms with Gasteiger partial charge in [-0.25, -0.2) is 0 Å². The summed E-state index contributed by atoms with van der Waals surface area (Å²) in [6, 6.07) is 0. The van der Waals surface area contributed by atoms with E-state index in [1.807, 2.05) is 4.31 Å². The minimum atomic E-state index is 0.210. The summed E-state index contributed by atoms with van der Waals surface area (Å²) in [7, 11) is 0. The summed E-state index contributed by atoms with van der Waals surface area (Å²) in [5.74, 6) is 0.210. The number of hydrogen-bond donors (Lipinski definition) is 1. The highest BCUT2D eigenvalue weighted by molar-refractivity contribution is 7.98. The lowest BCUT2D eigenvalue weighted by atomic mass is 10.3. The molecule has 0 aliphatic carbocycles. The first-order valence-electron chi connectivity index (χ1n) is 5.27. The quantitative estimate of drug-likeness (QED) is 0.663. The minimum absolute atomic E-state index is 0.210.